The number of likely N-dealkylation sites (N-methyl/N-ethyl adjacent to an activating group) is 1. The van der Waals surface area contributed by atoms with Crippen molar-refractivity contribution in [2.75, 3.05) is 27.2 Å². The van der Waals surface area contributed by atoms with E-state index in [9.17, 15) is 5.11 Å². The van der Waals surface area contributed by atoms with Crippen LogP contribution < -0.4 is 0 Å². The molecule has 106 valence electrons. The van der Waals surface area contributed by atoms with E-state index < -0.39 is 0 Å². The molecule has 0 aromatic rings. The summed E-state index contributed by atoms with van der Waals surface area (Å²) in [5, 5.41) is 9.90. The molecule has 0 amide bonds. The van der Waals surface area contributed by atoms with E-state index >= 15 is 0 Å². The summed E-state index contributed by atoms with van der Waals surface area (Å²) in [5.41, 5.74) is 0.694. The van der Waals surface area contributed by atoms with E-state index in [4.69, 9.17) is 4.74 Å². The zero-order valence-electron chi connectivity index (χ0n) is 12.6. The molecular formula is C15H29NO2. The Hall–Kier alpha value is -0.120. The minimum absolute atomic E-state index is 0.301. The lowest BCUT2D eigenvalue weighted by Crippen LogP contribution is -2.39. The summed E-state index contributed by atoms with van der Waals surface area (Å²) >= 11 is 0. The van der Waals surface area contributed by atoms with Crippen LogP contribution in [0.15, 0.2) is 0 Å². The molecule has 0 aromatic heterocycles. The molecule has 0 saturated heterocycles. The van der Waals surface area contributed by atoms with Crippen LogP contribution in [0, 0.1) is 16.7 Å². The van der Waals surface area contributed by atoms with Gasteiger partial charge in [-0.2, -0.15) is 0 Å². The second kappa shape index (κ2) is 4.77. The molecule has 2 rings (SSSR count). The Labute approximate surface area is 112 Å². The van der Waals surface area contributed by atoms with Crippen LogP contribution >= 0.6 is 0 Å². The van der Waals surface area contributed by atoms with Crippen LogP contribution in [0.3, 0.4) is 0 Å². The van der Waals surface area contributed by atoms with Crippen LogP contribution in [0.1, 0.15) is 40.0 Å². The molecule has 3 heteroatoms. The van der Waals surface area contributed by atoms with Crippen LogP contribution in [0.5, 0.6) is 0 Å². The number of aliphatic hydroxyl groups excluding tert-OH is 1. The van der Waals surface area contributed by atoms with E-state index in [1.807, 2.05) is 19.0 Å². The summed E-state index contributed by atoms with van der Waals surface area (Å²) in [6.07, 6.45) is 3.77. The Morgan fingerprint density at radius 1 is 1.33 bits per heavy atom. The summed E-state index contributed by atoms with van der Waals surface area (Å²) in [6, 6.07) is 0. The SMILES string of the molecule is CN(C)C[C@H](O)CO[C@@H]1C[C@H]2CC[C@@]1(C)C2(C)C. The van der Waals surface area contributed by atoms with Crippen LogP contribution in [-0.4, -0.2) is 49.5 Å². The monoisotopic (exact) mass is 255 g/mol. The zero-order chi connectivity index (χ0) is 13.6. The highest BCUT2D eigenvalue weighted by molar-refractivity contribution is 5.11. The third-order valence-corrected chi connectivity index (χ3v) is 5.78. The van der Waals surface area contributed by atoms with Gasteiger partial charge in [0.2, 0.25) is 0 Å². The first-order valence-electron chi connectivity index (χ1n) is 7.22. The molecule has 2 aliphatic rings. The molecule has 2 saturated carbocycles. The van der Waals surface area contributed by atoms with Gasteiger partial charge in [0.15, 0.2) is 0 Å². The Kier molecular flexibility index (Phi) is 3.79. The van der Waals surface area contributed by atoms with Gasteiger partial charge >= 0.3 is 0 Å². The maximum atomic E-state index is 9.90. The average molecular weight is 255 g/mol. The number of rotatable bonds is 5. The largest absolute Gasteiger partial charge is 0.389 e. The summed E-state index contributed by atoms with van der Waals surface area (Å²) in [5.74, 6) is 0.804. The summed E-state index contributed by atoms with van der Waals surface area (Å²) < 4.78 is 6.06. The average Bonchev–Trinajstić information content (AvgIpc) is 2.57. The van der Waals surface area contributed by atoms with Crippen molar-refractivity contribution in [3.8, 4) is 0 Å². The van der Waals surface area contributed by atoms with Crippen molar-refractivity contribution < 1.29 is 9.84 Å². The lowest BCUT2D eigenvalue weighted by Gasteiger charge is -2.39. The van der Waals surface area contributed by atoms with Crippen LogP contribution in [0.2, 0.25) is 0 Å². The number of aliphatic hydroxyl groups is 1. The molecule has 0 heterocycles. The topological polar surface area (TPSA) is 32.7 Å². The summed E-state index contributed by atoms with van der Waals surface area (Å²) in [6.45, 7) is 8.31. The van der Waals surface area contributed by atoms with Gasteiger partial charge < -0.3 is 14.7 Å². The molecule has 4 atom stereocenters. The van der Waals surface area contributed by atoms with Gasteiger partial charge in [0.25, 0.3) is 0 Å². The first-order chi connectivity index (χ1) is 8.27. The summed E-state index contributed by atoms with van der Waals surface area (Å²) in [7, 11) is 3.95. The zero-order valence-corrected chi connectivity index (χ0v) is 12.6. The van der Waals surface area contributed by atoms with E-state index in [0.717, 1.165) is 5.92 Å². The second-order valence-corrected chi connectivity index (χ2v) is 7.35. The molecule has 18 heavy (non-hydrogen) atoms. The van der Waals surface area contributed by atoms with Gasteiger partial charge in [-0.05, 0) is 50.1 Å². The van der Waals surface area contributed by atoms with Crippen LogP contribution in [0.4, 0.5) is 0 Å². The first kappa shape index (κ1) is 14.3. The highest BCUT2D eigenvalue weighted by atomic mass is 16.5. The number of ether oxygens (including phenoxy) is 1. The molecule has 1 N–H and O–H groups in total. The van der Waals surface area contributed by atoms with Crippen molar-refractivity contribution in [1.29, 1.82) is 0 Å². The van der Waals surface area contributed by atoms with E-state index in [-0.39, 0.29) is 6.10 Å². The second-order valence-electron chi connectivity index (χ2n) is 7.35. The Balaban J connectivity index is 1.89. The van der Waals surface area contributed by atoms with E-state index in [0.29, 0.717) is 30.1 Å². The van der Waals surface area contributed by atoms with E-state index in [1.54, 1.807) is 0 Å². The molecule has 3 nitrogen and oxygen atoms in total. The lowest BCUT2D eigenvalue weighted by molar-refractivity contribution is -0.0776. The highest BCUT2D eigenvalue weighted by Gasteiger charge is 2.61. The third kappa shape index (κ3) is 2.21. The maximum Gasteiger partial charge on any atom is 0.0900 e. The van der Waals surface area contributed by atoms with Crippen molar-refractivity contribution >= 4 is 0 Å². The van der Waals surface area contributed by atoms with Crippen molar-refractivity contribution in [2.24, 2.45) is 16.7 Å². The van der Waals surface area contributed by atoms with Crippen LogP contribution in [0.25, 0.3) is 0 Å². The van der Waals surface area contributed by atoms with Gasteiger partial charge in [-0.3, -0.25) is 0 Å². The molecule has 0 aromatic carbocycles. The van der Waals surface area contributed by atoms with Crippen molar-refractivity contribution in [1.82, 2.24) is 4.90 Å². The van der Waals surface area contributed by atoms with Gasteiger partial charge in [-0.1, -0.05) is 20.8 Å². The van der Waals surface area contributed by atoms with E-state index in [1.165, 1.54) is 19.3 Å². The van der Waals surface area contributed by atoms with Gasteiger partial charge in [-0.15, -0.1) is 0 Å². The fourth-order valence-electron chi connectivity index (χ4n) is 4.08. The first-order valence-corrected chi connectivity index (χ1v) is 7.22. The van der Waals surface area contributed by atoms with Crippen molar-refractivity contribution in [3.63, 3.8) is 0 Å². The van der Waals surface area contributed by atoms with Gasteiger partial charge in [0.1, 0.15) is 0 Å². The molecule has 2 aliphatic carbocycles. The molecule has 0 aliphatic heterocycles. The Morgan fingerprint density at radius 2 is 2.00 bits per heavy atom. The standard InChI is InChI=1S/C15H29NO2/c1-14(2)11-6-7-15(14,3)13(8-11)18-10-12(17)9-16(4)5/h11-13,17H,6-10H2,1-5H3/t11-,12+,13-,15-/m1/s1. The quantitative estimate of drug-likeness (QED) is 0.817. The normalized spacial score (nSPS) is 39.5. The molecule has 0 unspecified atom stereocenters. The summed E-state index contributed by atoms with van der Waals surface area (Å²) in [4.78, 5) is 2.00. The van der Waals surface area contributed by atoms with Crippen molar-refractivity contribution in [2.45, 2.75) is 52.2 Å². The minimum atomic E-state index is -0.370. The fraction of sp³-hybridized carbons (Fsp3) is 1.00. The number of fused-ring (bicyclic) bond motifs is 2. The van der Waals surface area contributed by atoms with Gasteiger partial charge in [0, 0.05) is 6.54 Å². The molecular weight excluding hydrogens is 226 g/mol. The number of hydrogen-bond donors (Lipinski definition) is 1. The molecule has 2 fully saturated rings. The van der Waals surface area contributed by atoms with Gasteiger partial charge in [-0.25, -0.2) is 0 Å². The van der Waals surface area contributed by atoms with Crippen LogP contribution in [-0.2, 0) is 4.74 Å². The number of hydrogen-bond acceptors (Lipinski definition) is 3. The lowest BCUT2D eigenvalue weighted by atomic mass is 9.70. The Morgan fingerprint density at radius 3 is 2.44 bits per heavy atom. The van der Waals surface area contributed by atoms with Gasteiger partial charge in [0.05, 0.1) is 18.8 Å². The molecule has 0 radical (unpaired) electrons. The number of nitrogens with zero attached hydrogens (tertiary/aromatic N) is 1. The smallest absolute Gasteiger partial charge is 0.0900 e. The third-order valence-electron chi connectivity index (χ3n) is 5.78. The Bertz CT molecular complexity index is 303. The van der Waals surface area contributed by atoms with Crippen molar-refractivity contribution in [3.05, 3.63) is 0 Å². The molecule has 0 spiro atoms. The fourth-order valence-corrected chi connectivity index (χ4v) is 4.08. The highest BCUT2D eigenvalue weighted by Crippen LogP contribution is 2.66. The predicted octanol–water partition coefficient (Wildman–Crippen LogP) is 2.14. The molecule has 2 bridgehead atoms. The predicted molar refractivity (Wildman–Crippen MR) is 73.5 cm³/mol. The maximum absolute atomic E-state index is 9.90. The van der Waals surface area contributed by atoms with E-state index in [2.05, 4.69) is 20.8 Å². The minimum Gasteiger partial charge on any atom is -0.389 e.